The molecule has 0 unspecified atom stereocenters. The Balaban J connectivity index is 2.29. The molecule has 1 heterocycles. The summed E-state index contributed by atoms with van der Waals surface area (Å²) in [6.07, 6.45) is 8.13. The molecule has 1 fully saturated rings. The molecule has 1 aliphatic rings. The minimum atomic E-state index is -0.311. The summed E-state index contributed by atoms with van der Waals surface area (Å²) in [6.45, 7) is 0.684. The van der Waals surface area contributed by atoms with E-state index in [2.05, 4.69) is 9.88 Å². The normalized spacial score (nSPS) is 15.8. The molecule has 0 radical (unpaired) electrons. The maximum atomic E-state index is 11.3. The van der Waals surface area contributed by atoms with Crippen LogP contribution in [0.5, 0.6) is 0 Å². The third-order valence-corrected chi connectivity index (χ3v) is 3.51. The van der Waals surface area contributed by atoms with Crippen molar-refractivity contribution in [2.45, 2.75) is 38.3 Å². The van der Waals surface area contributed by atoms with E-state index in [0.29, 0.717) is 12.6 Å². The minimum absolute atomic E-state index is 0.239. The van der Waals surface area contributed by atoms with E-state index in [4.69, 9.17) is 11.5 Å². The molecular formula is C13H20N4O. The Labute approximate surface area is 107 Å². The van der Waals surface area contributed by atoms with Gasteiger partial charge in [-0.25, -0.2) is 0 Å². The number of pyridine rings is 1. The van der Waals surface area contributed by atoms with Crippen LogP contribution >= 0.6 is 0 Å². The first-order chi connectivity index (χ1) is 8.72. The van der Waals surface area contributed by atoms with Crippen LogP contribution in [0.15, 0.2) is 18.5 Å². The van der Waals surface area contributed by atoms with Gasteiger partial charge in [0, 0.05) is 18.8 Å². The Hall–Kier alpha value is -1.62. The van der Waals surface area contributed by atoms with Crippen LogP contribution in [0.25, 0.3) is 0 Å². The number of anilines is 1. The summed E-state index contributed by atoms with van der Waals surface area (Å²) in [4.78, 5) is 17.5. The first kappa shape index (κ1) is 12.8. The van der Waals surface area contributed by atoms with Crippen LogP contribution in [0.1, 0.15) is 31.2 Å². The third kappa shape index (κ3) is 2.79. The van der Waals surface area contributed by atoms with Crippen molar-refractivity contribution in [3.05, 3.63) is 24.0 Å². The fourth-order valence-electron chi connectivity index (χ4n) is 2.64. The average Bonchev–Trinajstić information content (AvgIpc) is 2.89. The smallest absolute Gasteiger partial charge is 0.236 e. The monoisotopic (exact) mass is 248 g/mol. The molecular weight excluding hydrogens is 228 g/mol. The quantitative estimate of drug-likeness (QED) is 0.806. The molecule has 0 spiro atoms. The van der Waals surface area contributed by atoms with Crippen LogP contribution in [-0.2, 0) is 11.3 Å². The standard InChI is InChI=1S/C13H20N4O/c14-7-10-5-6-16-8-12(10)17(9-13(15)18)11-3-1-2-4-11/h5-6,8,11H,1-4,7,9,14H2,(H2,15,18). The summed E-state index contributed by atoms with van der Waals surface area (Å²) in [5.74, 6) is -0.311. The van der Waals surface area contributed by atoms with Crippen molar-refractivity contribution in [3.8, 4) is 0 Å². The van der Waals surface area contributed by atoms with Gasteiger partial charge in [-0.1, -0.05) is 12.8 Å². The molecule has 98 valence electrons. The molecule has 1 saturated carbocycles. The molecule has 0 aliphatic heterocycles. The molecule has 4 N–H and O–H groups in total. The van der Waals surface area contributed by atoms with E-state index in [-0.39, 0.29) is 12.5 Å². The summed E-state index contributed by atoms with van der Waals surface area (Å²) in [5, 5.41) is 0. The predicted octanol–water partition coefficient (Wildman–Crippen LogP) is 0.775. The number of nitrogens with zero attached hydrogens (tertiary/aromatic N) is 2. The van der Waals surface area contributed by atoms with Crippen molar-refractivity contribution in [2.24, 2.45) is 11.5 Å². The summed E-state index contributed by atoms with van der Waals surface area (Å²) in [5.41, 5.74) is 13.1. The summed E-state index contributed by atoms with van der Waals surface area (Å²) in [6, 6.07) is 2.28. The molecule has 1 amide bonds. The number of carbonyl (C=O) groups excluding carboxylic acids is 1. The predicted molar refractivity (Wildman–Crippen MR) is 70.9 cm³/mol. The van der Waals surface area contributed by atoms with Gasteiger partial charge in [0.15, 0.2) is 0 Å². The Morgan fingerprint density at radius 2 is 2.17 bits per heavy atom. The van der Waals surface area contributed by atoms with Gasteiger partial charge >= 0.3 is 0 Å². The van der Waals surface area contributed by atoms with Crippen LogP contribution < -0.4 is 16.4 Å². The average molecular weight is 248 g/mol. The van der Waals surface area contributed by atoms with E-state index in [9.17, 15) is 4.79 Å². The number of aromatic nitrogens is 1. The van der Waals surface area contributed by atoms with Gasteiger partial charge in [-0.2, -0.15) is 0 Å². The highest BCUT2D eigenvalue weighted by Gasteiger charge is 2.25. The largest absolute Gasteiger partial charge is 0.368 e. The number of carbonyl (C=O) groups is 1. The molecule has 0 aromatic carbocycles. The van der Waals surface area contributed by atoms with Gasteiger partial charge in [0.2, 0.25) is 5.91 Å². The molecule has 0 atom stereocenters. The highest BCUT2D eigenvalue weighted by Crippen LogP contribution is 2.29. The van der Waals surface area contributed by atoms with Crippen LogP contribution in [0.2, 0.25) is 0 Å². The topological polar surface area (TPSA) is 85.2 Å². The summed E-state index contributed by atoms with van der Waals surface area (Å²) < 4.78 is 0. The molecule has 5 heteroatoms. The Morgan fingerprint density at radius 1 is 1.44 bits per heavy atom. The van der Waals surface area contributed by atoms with Crippen molar-refractivity contribution in [1.82, 2.24) is 4.98 Å². The zero-order valence-corrected chi connectivity index (χ0v) is 10.5. The van der Waals surface area contributed by atoms with E-state index in [1.165, 1.54) is 12.8 Å². The first-order valence-corrected chi connectivity index (χ1v) is 6.40. The molecule has 1 aromatic rings. The second kappa shape index (κ2) is 5.82. The van der Waals surface area contributed by atoms with Gasteiger partial charge in [0.1, 0.15) is 0 Å². The first-order valence-electron chi connectivity index (χ1n) is 6.40. The van der Waals surface area contributed by atoms with Crippen molar-refractivity contribution >= 4 is 11.6 Å². The lowest BCUT2D eigenvalue weighted by atomic mass is 10.1. The van der Waals surface area contributed by atoms with E-state index >= 15 is 0 Å². The van der Waals surface area contributed by atoms with E-state index < -0.39 is 0 Å². The Morgan fingerprint density at radius 3 is 2.78 bits per heavy atom. The summed E-state index contributed by atoms with van der Waals surface area (Å²) >= 11 is 0. The van der Waals surface area contributed by atoms with Gasteiger partial charge in [-0.3, -0.25) is 9.78 Å². The number of nitrogens with two attached hydrogens (primary N) is 2. The second-order valence-electron chi connectivity index (χ2n) is 4.74. The van der Waals surface area contributed by atoms with Gasteiger partial charge in [-0.05, 0) is 24.5 Å². The molecule has 1 aromatic heterocycles. The number of hydrogen-bond donors (Lipinski definition) is 2. The zero-order valence-electron chi connectivity index (χ0n) is 10.5. The van der Waals surface area contributed by atoms with Crippen molar-refractivity contribution in [2.75, 3.05) is 11.4 Å². The van der Waals surface area contributed by atoms with E-state index in [0.717, 1.165) is 24.1 Å². The van der Waals surface area contributed by atoms with E-state index in [1.807, 2.05) is 6.07 Å². The lowest BCUT2D eigenvalue weighted by Crippen LogP contribution is -2.41. The lowest BCUT2D eigenvalue weighted by molar-refractivity contribution is -0.116. The highest BCUT2D eigenvalue weighted by molar-refractivity contribution is 5.80. The maximum absolute atomic E-state index is 11.3. The molecule has 18 heavy (non-hydrogen) atoms. The SMILES string of the molecule is NCc1ccncc1N(CC(N)=O)C1CCCC1. The van der Waals surface area contributed by atoms with Crippen molar-refractivity contribution in [3.63, 3.8) is 0 Å². The number of rotatable bonds is 5. The Kier molecular flexibility index (Phi) is 4.15. The lowest BCUT2D eigenvalue weighted by Gasteiger charge is -2.31. The maximum Gasteiger partial charge on any atom is 0.236 e. The fourth-order valence-corrected chi connectivity index (χ4v) is 2.64. The number of primary amides is 1. The number of amides is 1. The molecule has 0 bridgehead atoms. The zero-order chi connectivity index (χ0) is 13.0. The third-order valence-electron chi connectivity index (χ3n) is 3.51. The van der Waals surface area contributed by atoms with Crippen LogP contribution in [0.3, 0.4) is 0 Å². The molecule has 5 nitrogen and oxygen atoms in total. The fraction of sp³-hybridized carbons (Fsp3) is 0.538. The minimum Gasteiger partial charge on any atom is -0.368 e. The number of hydrogen-bond acceptors (Lipinski definition) is 4. The van der Waals surface area contributed by atoms with Gasteiger partial charge in [0.05, 0.1) is 18.4 Å². The highest BCUT2D eigenvalue weighted by atomic mass is 16.1. The van der Waals surface area contributed by atoms with Crippen molar-refractivity contribution < 1.29 is 4.79 Å². The van der Waals surface area contributed by atoms with Crippen LogP contribution in [0, 0.1) is 0 Å². The molecule has 0 saturated heterocycles. The van der Waals surface area contributed by atoms with Gasteiger partial charge in [0.25, 0.3) is 0 Å². The van der Waals surface area contributed by atoms with Crippen molar-refractivity contribution in [1.29, 1.82) is 0 Å². The van der Waals surface area contributed by atoms with Crippen LogP contribution in [0.4, 0.5) is 5.69 Å². The van der Waals surface area contributed by atoms with Crippen LogP contribution in [-0.4, -0.2) is 23.5 Å². The second-order valence-corrected chi connectivity index (χ2v) is 4.74. The van der Waals surface area contributed by atoms with Gasteiger partial charge < -0.3 is 16.4 Å². The molecule has 2 rings (SSSR count). The summed E-state index contributed by atoms with van der Waals surface area (Å²) in [7, 11) is 0. The van der Waals surface area contributed by atoms with E-state index in [1.54, 1.807) is 12.4 Å². The molecule has 1 aliphatic carbocycles. The van der Waals surface area contributed by atoms with Gasteiger partial charge in [-0.15, -0.1) is 0 Å². The Bertz CT molecular complexity index is 415.